The van der Waals surface area contributed by atoms with Crippen molar-refractivity contribution >= 4 is 23.6 Å². The largest absolute Gasteiger partial charge is 0.476 e. The van der Waals surface area contributed by atoms with Crippen LogP contribution in [-0.2, 0) is 22.1 Å². The lowest BCUT2D eigenvalue weighted by Gasteiger charge is -2.40. The molecule has 2 N–H and O–H groups in total. The monoisotopic (exact) mass is 591 g/mol. The fourth-order valence-corrected chi connectivity index (χ4v) is 5.52. The first kappa shape index (κ1) is 31.1. The number of hydrogen-bond acceptors (Lipinski definition) is 5. The molecule has 2 heterocycles. The van der Waals surface area contributed by atoms with Gasteiger partial charge in [-0.1, -0.05) is 30.3 Å². The topological polar surface area (TPSA) is 108 Å². The summed E-state index contributed by atoms with van der Waals surface area (Å²) in [5, 5.41) is 12.3. The third kappa shape index (κ3) is 6.97. The second-order valence-corrected chi connectivity index (χ2v) is 11.2. The third-order valence-corrected chi connectivity index (χ3v) is 7.73. The lowest BCUT2D eigenvalue weighted by molar-refractivity contribution is -0.138. The van der Waals surface area contributed by atoms with Gasteiger partial charge in [-0.3, -0.25) is 9.59 Å². The van der Waals surface area contributed by atoms with Gasteiger partial charge in [0.1, 0.15) is 5.75 Å². The third-order valence-electron chi connectivity index (χ3n) is 7.73. The number of carboxylic acid groups (broad SMARTS) is 1. The minimum atomic E-state index is -4.90. The van der Waals surface area contributed by atoms with Gasteiger partial charge in [0.05, 0.1) is 22.9 Å². The van der Waals surface area contributed by atoms with E-state index in [-0.39, 0.29) is 37.0 Å². The highest BCUT2D eigenvalue weighted by Gasteiger charge is 2.44. The summed E-state index contributed by atoms with van der Waals surface area (Å²) in [6, 6.07) is 10.5. The lowest BCUT2D eigenvalue weighted by Crippen LogP contribution is -2.54. The van der Waals surface area contributed by atoms with Crippen molar-refractivity contribution < 1.29 is 42.1 Å². The molecule has 42 heavy (non-hydrogen) atoms. The van der Waals surface area contributed by atoms with Crippen LogP contribution in [0.5, 0.6) is 5.75 Å². The number of carbonyl (C=O) groups is 3. The number of alkyl halides is 3. The maximum Gasteiger partial charge on any atom is 0.417 e. The van der Waals surface area contributed by atoms with E-state index in [2.05, 4.69) is 5.32 Å². The number of rotatable bonds is 9. The molecule has 2 atom stereocenters. The molecule has 0 bridgehead atoms. The molecule has 9 nitrogen and oxygen atoms in total. The van der Waals surface area contributed by atoms with Crippen LogP contribution < -0.4 is 15.0 Å². The Balaban J connectivity index is 1.69. The van der Waals surface area contributed by atoms with Gasteiger partial charge in [-0.15, -0.1) is 0 Å². The number of unbranched alkanes of at least 4 members (excludes halogenated alkanes) is 1. The molecule has 228 valence electrons. The Morgan fingerprint density at radius 3 is 2.52 bits per heavy atom. The standard InChI is InChI=1S/C30H36F3N3O6/c1-29(2)27(38)36(12-7-8-14-41-3)24-16-21(22(30(31,32)33)17-25(24)42-29)26(37)34-23-18-35(28(39)40)13-11-20(23)15-19-9-5-4-6-10-19/h4-6,9-10,16-17,20,23H,7-8,11-15,18H2,1-3H3,(H,34,37)(H,39,40)/t20-,23+/m1/s1. The number of anilines is 1. The van der Waals surface area contributed by atoms with Crippen LogP contribution in [0.2, 0.25) is 0 Å². The van der Waals surface area contributed by atoms with Crippen molar-refractivity contribution in [1.82, 2.24) is 10.2 Å². The average Bonchev–Trinajstić information content (AvgIpc) is 2.93. The number of piperidine rings is 1. The Kier molecular flexibility index (Phi) is 9.34. The molecule has 0 radical (unpaired) electrons. The molecule has 2 aliphatic heterocycles. The van der Waals surface area contributed by atoms with Crippen LogP contribution in [0.25, 0.3) is 0 Å². The van der Waals surface area contributed by atoms with Gasteiger partial charge >= 0.3 is 12.3 Å². The molecule has 1 fully saturated rings. The van der Waals surface area contributed by atoms with Crippen LogP contribution in [-0.4, -0.2) is 72.9 Å². The van der Waals surface area contributed by atoms with Crippen LogP contribution >= 0.6 is 0 Å². The normalized spacial score (nSPS) is 20.1. The van der Waals surface area contributed by atoms with E-state index >= 15 is 0 Å². The Bertz CT molecular complexity index is 1300. The number of ether oxygens (including phenoxy) is 2. The van der Waals surface area contributed by atoms with E-state index in [1.54, 1.807) is 7.11 Å². The number of carbonyl (C=O) groups excluding carboxylic acids is 2. The van der Waals surface area contributed by atoms with Crippen LogP contribution in [0, 0.1) is 5.92 Å². The smallest absolute Gasteiger partial charge is 0.417 e. The van der Waals surface area contributed by atoms with Crippen LogP contribution in [0.4, 0.5) is 23.7 Å². The number of likely N-dealkylation sites (tertiary alicyclic amines) is 1. The molecular formula is C30H36F3N3O6. The van der Waals surface area contributed by atoms with Gasteiger partial charge in [-0.2, -0.15) is 13.2 Å². The molecule has 0 unspecified atom stereocenters. The molecule has 0 saturated carbocycles. The Hall–Kier alpha value is -3.80. The van der Waals surface area contributed by atoms with Gasteiger partial charge in [0.2, 0.25) is 0 Å². The van der Waals surface area contributed by atoms with Gasteiger partial charge in [-0.05, 0) is 63.1 Å². The summed E-state index contributed by atoms with van der Waals surface area (Å²) < 4.78 is 53.8. The minimum Gasteiger partial charge on any atom is -0.476 e. The number of fused-ring (bicyclic) bond motifs is 1. The first-order valence-corrected chi connectivity index (χ1v) is 13.9. The predicted molar refractivity (Wildman–Crippen MR) is 149 cm³/mol. The van der Waals surface area contributed by atoms with Gasteiger partial charge in [0.25, 0.3) is 11.8 Å². The highest BCUT2D eigenvalue weighted by Crippen LogP contribution is 2.44. The molecule has 2 aliphatic rings. The SMILES string of the molecule is COCCCCN1C(=O)C(C)(C)Oc2cc(C(F)(F)F)c(C(=O)N[C@H]3CN(C(=O)O)CC[C@@H]3Cc3ccccc3)cc21. The summed E-state index contributed by atoms with van der Waals surface area (Å²) in [5.41, 5.74) is -2.23. The molecular weight excluding hydrogens is 555 g/mol. The van der Waals surface area contributed by atoms with Crippen LogP contribution in [0.15, 0.2) is 42.5 Å². The highest BCUT2D eigenvalue weighted by molar-refractivity contribution is 6.05. The average molecular weight is 592 g/mol. The molecule has 0 aromatic heterocycles. The molecule has 4 rings (SSSR count). The maximum absolute atomic E-state index is 14.3. The van der Waals surface area contributed by atoms with Gasteiger partial charge in [0, 0.05) is 33.4 Å². The number of hydrogen-bond donors (Lipinski definition) is 2. The summed E-state index contributed by atoms with van der Waals surface area (Å²) in [6.07, 6.45) is -3.98. The van der Waals surface area contributed by atoms with Crippen molar-refractivity contribution in [3.05, 3.63) is 59.2 Å². The first-order valence-electron chi connectivity index (χ1n) is 13.9. The Labute approximate surface area is 242 Å². The zero-order valence-electron chi connectivity index (χ0n) is 23.9. The van der Waals surface area contributed by atoms with Gasteiger partial charge < -0.3 is 29.7 Å². The van der Waals surface area contributed by atoms with Crippen molar-refractivity contribution in [1.29, 1.82) is 0 Å². The molecule has 0 spiro atoms. The number of benzene rings is 2. The number of methoxy groups -OCH3 is 1. The van der Waals surface area contributed by atoms with E-state index in [0.717, 1.165) is 22.6 Å². The lowest BCUT2D eigenvalue weighted by atomic mass is 9.85. The van der Waals surface area contributed by atoms with E-state index in [4.69, 9.17) is 9.47 Å². The first-order chi connectivity index (χ1) is 19.8. The fraction of sp³-hybridized carbons (Fsp3) is 0.500. The van der Waals surface area contributed by atoms with Crippen molar-refractivity contribution in [2.45, 2.75) is 57.3 Å². The molecule has 2 aromatic rings. The summed E-state index contributed by atoms with van der Waals surface area (Å²) in [7, 11) is 1.55. The zero-order valence-corrected chi connectivity index (χ0v) is 23.9. The van der Waals surface area contributed by atoms with Crippen molar-refractivity contribution in [2.75, 3.05) is 38.3 Å². The minimum absolute atomic E-state index is 0.0632. The number of amides is 3. The highest BCUT2D eigenvalue weighted by atomic mass is 19.4. The van der Waals surface area contributed by atoms with E-state index in [0.29, 0.717) is 32.3 Å². The van der Waals surface area contributed by atoms with Crippen molar-refractivity contribution in [2.24, 2.45) is 5.92 Å². The summed E-state index contributed by atoms with van der Waals surface area (Å²) >= 11 is 0. The number of nitrogens with one attached hydrogen (secondary N) is 1. The number of nitrogens with zero attached hydrogens (tertiary/aromatic N) is 2. The molecule has 1 saturated heterocycles. The van der Waals surface area contributed by atoms with Crippen LogP contribution in [0.3, 0.4) is 0 Å². The van der Waals surface area contributed by atoms with E-state index < -0.39 is 46.9 Å². The fourth-order valence-electron chi connectivity index (χ4n) is 5.52. The summed E-state index contributed by atoms with van der Waals surface area (Å²) in [5.74, 6) is -1.79. The molecule has 12 heteroatoms. The van der Waals surface area contributed by atoms with E-state index in [1.165, 1.54) is 18.7 Å². The quantitative estimate of drug-likeness (QED) is 0.399. The molecule has 0 aliphatic carbocycles. The van der Waals surface area contributed by atoms with E-state index in [1.807, 2.05) is 30.3 Å². The number of halogens is 3. The van der Waals surface area contributed by atoms with E-state index in [9.17, 15) is 32.7 Å². The van der Waals surface area contributed by atoms with Crippen LogP contribution in [0.1, 0.15) is 54.6 Å². The summed E-state index contributed by atoms with van der Waals surface area (Å²) in [4.78, 5) is 41.1. The second-order valence-electron chi connectivity index (χ2n) is 11.2. The van der Waals surface area contributed by atoms with Crippen molar-refractivity contribution in [3.8, 4) is 5.75 Å². The van der Waals surface area contributed by atoms with Gasteiger partial charge in [0.15, 0.2) is 5.60 Å². The Morgan fingerprint density at radius 2 is 1.88 bits per heavy atom. The molecule has 2 aromatic carbocycles. The van der Waals surface area contributed by atoms with Crippen molar-refractivity contribution in [3.63, 3.8) is 0 Å². The second kappa shape index (κ2) is 12.6. The van der Waals surface area contributed by atoms with Gasteiger partial charge in [-0.25, -0.2) is 4.79 Å². The Morgan fingerprint density at radius 1 is 1.17 bits per heavy atom. The summed E-state index contributed by atoms with van der Waals surface area (Å²) in [6.45, 7) is 3.81. The zero-order chi connectivity index (χ0) is 30.7. The maximum atomic E-state index is 14.3. The molecule has 3 amide bonds. The predicted octanol–water partition coefficient (Wildman–Crippen LogP) is 4.98.